The van der Waals surface area contributed by atoms with Crippen molar-refractivity contribution < 1.29 is 30.7 Å². The fraction of sp³-hybridized carbons (Fsp3) is 0.357. The maximum atomic E-state index is 13.1. The molecule has 0 aliphatic heterocycles. The molecule has 0 unspecified atom stereocenters. The standard InChI is InChI=1S/C14H12F7N3/c1-2-24-8-9(10-5-3-4-6-11(10)24)7-22-23-14(20,21)12(15,16)13(17,18)19/h3-8,23H,2H2,1H3/b22-7-. The smallest absolute Gasteiger partial charge is 0.347 e. The molecule has 3 nitrogen and oxygen atoms in total. The summed E-state index contributed by atoms with van der Waals surface area (Å²) < 4.78 is 89.4. The van der Waals surface area contributed by atoms with E-state index in [4.69, 9.17) is 0 Å². The first kappa shape index (κ1) is 18.1. The second kappa shape index (κ2) is 5.99. The lowest BCUT2D eigenvalue weighted by Crippen LogP contribution is -2.58. The van der Waals surface area contributed by atoms with Crippen molar-refractivity contribution in [2.45, 2.75) is 31.6 Å². The Hall–Kier alpha value is -2.26. The molecule has 0 bridgehead atoms. The number of para-hydroxylation sites is 1. The third-order valence-electron chi connectivity index (χ3n) is 3.32. The van der Waals surface area contributed by atoms with E-state index in [-0.39, 0.29) is 0 Å². The van der Waals surface area contributed by atoms with Gasteiger partial charge >= 0.3 is 18.1 Å². The summed E-state index contributed by atoms with van der Waals surface area (Å²) in [6.45, 7) is 2.37. The molecule has 2 aromatic rings. The van der Waals surface area contributed by atoms with E-state index in [9.17, 15) is 30.7 Å². The number of halogens is 7. The molecule has 1 N–H and O–H groups in total. The summed E-state index contributed by atoms with van der Waals surface area (Å²) in [4.78, 5) is 0. The number of alkyl halides is 7. The first-order valence-electron chi connectivity index (χ1n) is 6.71. The minimum Gasteiger partial charge on any atom is -0.347 e. The number of fused-ring (bicyclic) bond motifs is 1. The normalized spacial score (nSPS) is 13.8. The third kappa shape index (κ3) is 3.04. The van der Waals surface area contributed by atoms with E-state index in [1.54, 1.807) is 28.8 Å². The molecular weight excluding hydrogens is 343 g/mol. The molecule has 0 radical (unpaired) electrons. The van der Waals surface area contributed by atoms with E-state index in [1.807, 2.05) is 6.92 Å². The van der Waals surface area contributed by atoms with Gasteiger partial charge in [0.1, 0.15) is 0 Å². The van der Waals surface area contributed by atoms with Crippen molar-refractivity contribution in [3.05, 3.63) is 36.0 Å². The van der Waals surface area contributed by atoms with Crippen LogP contribution in [0.3, 0.4) is 0 Å². The SMILES string of the molecule is CCn1cc(/C=N\NC(F)(F)C(F)(F)C(F)(F)F)c2ccccc21. The molecule has 1 heterocycles. The van der Waals surface area contributed by atoms with Gasteiger partial charge in [-0.1, -0.05) is 18.2 Å². The number of hydrazone groups is 1. The van der Waals surface area contributed by atoms with Gasteiger partial charge in [-0.3, -0.25) is 0 Å². The average molecular weight is 355 g/mol. The molecule has 10 heteroatoms. The fourth-order valence-corrected chi connectivity index (χ4v) is 2.07. The monoisotopic (exact) mass is 355 g/mol. The van der Waals surface area contributed by atoms with Crippen LogP contribution in [0.25, 0.3) is 10.9 Å². The Morgan fingerprint density at radius 1 is 1.08 bits per heavy atom. The van der Waals surface area contributed by atoms with E-state index >= 15 is 0 Å². The lowest BCUT2D eigenvalue weighted by atomic mass is 10.2. The molecule has 132 valence electrons. The zero-order chi connectivity index (χ0) is 18.2. The second-order valence-electron chi connectivity index (χ2n) is 4.90. The molecule has 0 saturated heterocycles. The molecular formula is C14H12F7N3. The first-order valence-corrected chi connectivity index (χ1v) is 6.71. The van der Waals surface area contributed by atoms with Crippen LogP contribution in [0.15, 0.2) is 35.6 Å². The molecule has 0 aliphatic rings. The molecule has 24 heavy (non-hydrogen) atoms. The molecule has 0 aliphatic carbocycles. The van der Waals surface area contributed by atoms with Gasteiger partial charge in [0.25, 0.3) is 0 Å². The van der Waals surface area contributed by atoms with Gasteiger partial charge in [-0.15, -0.1) is 0 Å². The van der Waals surface area contributed by atoms with Crippen molar-refractivity contribution in [2.24, 2.45) is 5.10 Å². The predicted molar refractivity (Wildman–Crippen MR) is 74.3 cm³/mol. The summed E-state index contributed by atoms with van der Waals surface area (Å²) in [5.41, 5.74) is 1.64. The van der Waals surface area contributed by atoms with Crippen LogP contribution >= 0.6 is 0 Å². The Kier molecular flexibility index (Phi) is 4.51. The van der Waals surface area contributed by atoms with E-state index in [0.717, 1.165) is 11.7 Å². The van der Waals surface area contributed by atoms with Gasteiger partial charge in [0.05, 0.1) is 6.21 Å². The Balaban J connectivity index is 2.27. The maximum Gasteiger partial charge on any atom is 0.462 e. The molecule has 0 spiro atoms. The van der Waals surface area contributed by atoms with Crippen LogP contribution in [-0.2, 0) is 6.54 Å². The molecule has 2 rings (SSSR count). The molecule has 0 saturated carbocycles. The number of hydrogen-bond donors (Lipinski definition) is 1. The highest BCUT2D eigenvalue weighted by atomic mass is 19.4. The van der Waals surface area contributed by atoms with Crippen LogP contribution in [0, 0.1) is 0 Å². The van der Waals surface area contributed by atoms with Crippen LogP contribution in [-0.4, -0.2) is 28.9 Å². The van der Waals surface area contributed by atoms with Crippen LogP contribution in [0.1, 0.15) is 12.5 Å². The van der Waals surface area contributed by atoms with Crippen LogP contribution < -0.4 is 5.43 Å². The van der Waals surface area contributed by atoms with Crippen LogP contribution in [0.2, 0.25) is 0 Å². The summed E-state index contributed by atoms with van der Waals surface area (Å²) in [5.74, 6) is -6.26. The van der Waals surface area contributed by atoms with Gasteiger partial charge in [-0.05, 0) is 13.0 Å². The van der Waals surface area contributed by atoms with Gasteiger partial charge in [-0.25, -0.2) is 5.43 Å². The van der Waals surface area contributed by atoms with Gasteiger partial charge in [-0.2, -0.15) is 35.8 Å². The Labute approximate surface area is 131 Å². The number of nitrogens with one attached hydrogen (secondary N) is 1. The zero-order valence-corrected chi connectivity index (χ0v) is 12.2. The summed E-state index contributed by atoms with van der Waals surface area (Å²) in [7, 11) is 0. The van der Waals surface area contributed by atoms with E-state index in [0.29, 0.717) is 22.9 Å². The number of nitrogens with zero attached hydrogens (tertiary/aromatic N) is 2. The lowest BCUT2D eigenvalue weighted by Gasteiger charge is -2.27. The van der Waals surface area contributed by atoms with E-state index in [2.05, 4.69) is 5.10 Å². The van der Waals surface area contributed by atoms with Gasteiger partial charge in [0.15, 0.2) is 0 Å². The predicted octanol–water partition coefficient (Wildman–Crippen LogP) is 4.38. The zero-order valence-electron chi connectivity index (χ0n) is 12.2. The van der Waals surface area contributed by atoms with Crippen molar-refractivity contribution in [1.82, 2.24) is 9.99 Å². The molecule has 0 fully saturated rings. The third-order valence-corrected chi connectivity index (χ3v) is 3.32. The minimum atomic E-state index is -6.41. The first-order chi connectivity index (χ1) is 11.0. The topological polar surface area (TPSA) is 29.3 Å². The van der Waals surface area contributed by atoms with Crippen molar-refractivity contribution >= 4 is 17.1 Å². The quantitative estimate of drug-likeness (QED) is 0.367. The number of benzene rings is 1. The average Bonchev–Trinajstić information content (AvgIpc) is 2.84. The second-order valence-corrected chi connectivity index (χ2v) is 4.90. The van der Waals surface area contributed by atoms with Gasteiger partial charge < -0.3 is 4.57 Å². The van der Waals surface area contributed by atoms with Crippen LogP contribution in [0.5, 0.6) is 0 Å². The Bertz CT molecular complexity index is 746. The highest BCUT2D eigenvalue weighted by molar-refractivity contribution is 5.99. The lowest BCUT2D eigenvalue weighted by molar-refractivity contribution is -0.361. The molecule has 0 amide bonds. The molecule has 1 aromatic carbocycles. The van der Waals surface area contributed by atoms with Crippen molar-refractivity contribution in [3.8, 4) is 0 Å². The van der Waals surface area contributed by atoms with Crippen molar-refractivity contribution in [1.29, 1.82) is 0 Å². The van der Waals surface area contributed by atoms with Gasteiger partial charge in [0.2, 0.25) is 0 Å². The minimum absolute atomic E-state index is 0.297. The number of hydrogen-bond acceptors (Lipinski definition) is 2. The Morgan fingerprint density at radius 2 is 1.71 bits per heavy atom. The van der Waals surface area contributed by atoms with E-state index in [1.165, 1.54) is 6.20 Å². The molecule has 1 aromatic heterocycles. The maximum absolute atomic E-state index is 13.1. The van der Waals surface area contributed by atoms with Crippen molar-refractivity contribution in [2.75, 3.05) is 0 Å². The highest BCUT2D eigenvalue weighted by Crippen LogP contribution is 2.44. The number of aromatic nitrogens is 1. The Morgan fingerprint density at radius 3 is 2.29 bits per heavy atom. The number of rotatable bonds is 5. The fourth-order valence-electron chi connectivity index (χ4n) is 2.07. The summed E-state index contributed by atoms with van der Waals surface area (Å²) >= 11 is 0. The number of aryl methyl sites for hydroxylation is 1. The molecule has 0 atom stereocenters. The van der Waals surface area contributed by atoms with E-state index < -0.39 is 18.1 Å². The largest absolute Gasteiger partial charge is 0.462 e. The van der Waals surface area contributed by atoms with Crippen molar-refractivity contribution in [3.63, 3.8) is 0 Å². The summed E-state index contributed by atoms with van der Waals surface area (Å²) in [6.07, 6.45) is -4.11. The van der Waals surface area contributed by atoms with Crippen LogP contribution in [0.4, 0.5) is 30.7 Å². The highest BCUT2D eigenvalue weighted by Gasteiger charge is 2.73. The summed E-state index contributed by atoms with van der Waals surface area (Å²) in [5, 5.41) is 3.47. The summed E-state index contributed by atoms with van der Waals surface area (Å²) in [6, 6.07) is 1.22. The van der Waals surface area contributed by atoms with Gasteiger partial charge in [0, 0.05) is 29.2 Å².